The van der Waals surface area contributed by atoms with Crippen molar-refractivity contribution in [3.8, 4) is 11.3 Å². The predicted octanol–water partition coefficient (Wildman–Crippen LogP) is 9.12. The van der Waals surface area contributed by atoms with Crippen LogP contribution in [-0.4, -0.2) is 29.8 Å². The van der Waals surface area contributed by atoms with Crippen LogP contribution in [0.3, 0.4) is 0 Å². The molecule has 0 fully saturated rings. The Hall–Kier alpha value is -3.03. The van der Waals surface area contributed by atoms with Crippen molar-refractivity contribution in [2.45, 2.75) is 110 Å². The number of nitrogens with one attached hydrogen (secondary N) is 2. The zero-order valence-corrected chi connectivity index (χ0v) is 28.6. The lowest BCUT2D eigenvalue weighted by molar-refractivity contribution is -0.108. The maximum Gasteiger partial charge on any atom is 0.120 e. The first-order chi connectivity index (χ1) is 21.2. The van der Waals surface area contributed by atoms with Gasteiger partial charge in [0.05, 0.1) is 16.7 Å². The fourth-order valence-electron chi connectivity index (χ4n) is 6.80. The number of aldehydes is 1. The van der Waals surface area contributed by atoms with Crippen LogP contribution in [-0.2, 0) is 11.2 Å². The third-order valence-electron chi connectivity index (χ3n) is 9.29. The van der Waals surface area contributed by atoms with Crippen LogP contribution >= 0.6 is 11.3 Å². The molecule has 3 unspecified atom stereocenters. The summed E-state index contributed by atoms with van der Waals surface area (Å²) in [7, 11) is 1.87. The van der Waals surface area contributed by atoms with Crippen LogP contribution in [0.1, 0.15) is 126 Å². The normalized spacial score (nSPS) is 17.0. The van der Waals surface area contributed by atoms with E-state index in [0.717, 1.165) is 69.2 Å². The van der Waals surface area contributed by atoms with Gasteiger partial charge in [-0.15, -0.1) is 11.3 Å². The Balaban J connectivity index is 1.63. The number of pyridine rings is 1. The summed E-state index contributed by atoms with van der Waals surface area (Å²) in [5.41, 5.74) is 14.6. The van der Waals surface area contributed by atoms with Gasteiger partial charge in [-0.05, 0) is 92.5 Å². The van der Waals surface area contributed by atoms with Crippen LogP contribution < -0.4 is 15.8 Å². The Morgan fingerprint density at radius 2 is 2.00 bits per heavy atom. The molecule has 2 aromatic heterocycles. The van der Waals surface area contributed by atoms with Crippen molar-refractivity contribution < 1.29 is 4.79 Å². The van der Waals surface area contributed by atoms with Crippen molar-refractivity contribution in [3.63, 3.8) is 0 Å². The number of hydrazine groups is 1. The van der Waals surface area contributed by atoms with Gasteiger partial charge in [-0.3, -0.25) is 4.98 Å². The lowest BCUT2D eigenvalue weighted by Gasteiger charge is -2.35. The number of hydrogen-bond donors (Lipinski definition) is 2. The number of rotatable bonds is 18. The molecule has 0 bridgehead atoms. The summed E-state index contributed by atoms with van der Waals surface area (Å²) in [5.74, 6) is 0.689. The first kappa shape index (κ1) is 33.9. The van der Waals surface area contributed by atoms with Gasteiger partial charge in [0.1, 0.15) is 6.29 Å². The van der Waals surface area contributed by atoms with E-state index < -0.39 is 0 Å². The molecule has 2 N–H and O–H groups in total. The van der Waals surface area contributed by atoms with E-state index in [2.05, 4.69) is 92.7 Å². The summed E-state index contributed by atoms with van der Waals surface area (Å²) >= 11 is 1.78. The van der Waals surface area contributed by atoms with Gasteiger partial charge in [0, 0.05) is 60.1 Å². The number of hydrogen-bond acceptors (Lipinski definition) is 7. The van der Waals surface area contributed by atoms with E-state index in [-0.39, 0.29) is 11.5 Å². The highest BCUT2D eigenvalue weighted by Gasteiger charge is 2.42. The van der Waals surface area contributed by atoms with E-state index in [4.69, 9.17) is 9.97 Å². The van der Waals surface area contributed by atoms with Gasteiger partial charge in [-0.2, -0.15) is 0 Å². The topological polar surface area (TPSA) is 70.2 Å². The monoisotopic (exact) mass is 615 g/mol. The molecule has 4 rings (SSSR count). The average Bonchev–Trinajstić information content (AvgIpc) is 3.61. The third kappa shape index (κ3) is 8.16. The Morgan fingerprint density at radius 3 is 2.73 bits per heavy atom. The van der Waals surface area contributed by atoms with Crippen LogP contribution in [0.2, 0.25) is 0 Å². The van der Waals surface area contributed by atoms with Gasteiger partial charge in [-0.1, -0.05) is 52.8 Å². The maximum atomic E-state index is 11.3. The van der Waals surface area contributed by atoms with E-state index in [1.54, 1.807) is 11.3 Å². The van der Waals surface area contributed by atoms with Gasteiger partial charge >= 0.3 is 0 Å². The van der Waals surface area contributed by atoms with Crippen molar-refractivity contribution >= 4 is 23.3 Å². The molecule has 1 aromatic carbocycles. The number of nitrogens with zero attached hydrogens (tertiary/aromatic N) is 3. The summed E-state index contributed by atoms with van der Waals surface area (Å²) < 4.78 is 0. The molecule has 7 heteroatoms. The lowest BCUT2D eigenvalue weighted by Crippen LogP contribution is -2.30. The Kier molecular flexibility index (Phi) is 12.2. The van der Waals surface area contributed by atoms with Crippen molar-refractivity contribution in [1.29, 1.82) is 0 Å². The smallest absolute Gasteiger partial charge is 0.120 e. The second kappa shape index (κ2) is 15.8. The summed E-state index contributed by atoms with van der Waals surface area (Å²) in [5, 5.41) is 3.44. The molecule has 0 spiro atoms. The van der Waals surface area contributed by atoms with Gasteiger partial charge in [0.2, 0.25) is 0 Å². The largest absolute Gasteiger partial charge is 0.364 e. The minimum Gasteiger partial charge on any atom is -0.364 e. The van der Waals surface area contributed by atoms with Crippen molar-refractivity contribution in [2.75, 3.05) is 18.5 Å². The standard InChI is InChI=1S/C37H53N5OS/c1-8-26(3)35-29(16-13-21-39-35)36-31(24-37(5,6)20-14-22-43)30-23-28(18-19-33(30)42(36)9-2)32-25-44-34(40-32)17-12-10-11-15-27(4)41-38-7/h13,16,18-19,21-23,25-26,31,36,38,41H,4,8-12,14-15,17,20,24H2,1-3,5-7H3. The molecule has 3 aromatic rings. The molecule has 3 heterocycles. The minimum atomic E-state index is 0.0306. The van der Waals surface area contributed by atoms with E-state index in [1.807, 2.05) is 13.2 Å². The first-order valence-electron chi connectivity index (χ1n) is 16.6. The molecular formula is C37H53N5OS. The van der Waals surface area contributed by atoms with E-state index >= 15 is 0 Å². The molecule has 0 amide bonds. The van der Waals surface area contributed by atoms with Gasteiger partial charge < -0.3 is 15.1 Å². The average molecular weight is 616 g/mol. The molecule has 44 heavy (non-hydrogen) atoms. The highest BCUT2D eigenvalue weighted by Crippen LogP contribution is 2.55. The molecule has 1 aliphatic rings. The molecule has 1 aliphatic heterocycles. The van der Waals surface area contributed by atoms with Crippen LogP contribution in [0.4, 0.5) is 5.69 Å². The fraction of sp³-hybridized carbons (Fsp3) is 0.541. The fourth-order valence-corrected chi connectivity index (χ4v) is 7.65. The molecule has 3 atom stereocenters. The second-order valence-corrected chi connectivity index (χ2v) is 14.1. The van der Waals surface area contributed by atoms with Crippen LogP contribution in [0, 0.1) is 5.41 Å². The zero-order valence-electron chi connectivity index (χ0n) is 27.8. The Labute approximate surface area is 269 Å². The summed E-state index contributed by atoms with van der Waals surface area (Å²) in [6, 6.07) is 11.6. The van der Waals surface area contributed by atoms with Crippen LogP contribution in [0.15, 0.2) is 54.2 Å². The third-order valence-corrected chi connectivity index (χ3v) is 10.2. The van der Waals surface area contributed by atoms with Crippen LogP contribution in [0.25, 0.3) is 11.3 Å². The summed E-state index contributed by atoms with van der Waals surface area (Å²) in [6.45, 7) is 16.4. The first-order valence-corrected chi connectivity index (χ1v) is 17.4. The quantitative estimate of drug-likeness (QED) is 0.0845. The number of unbranched alkanes of at least 4 members (excludes halogenated alkanes) is 2. The van der Waals surface area contributed by atoms with Crippen molar-refractivity contribution in [3.05, 3.63) is 76.0 Å². The molecular weight excluding hydrogens is 563 g/mol. The summed E-state index contributed by atoms with van der Waals surface area (Å²) in [6.07, 6.45) is 12.0. The SMILES string of the molecule is C=C(CCCCCc1nc(-c2ccc3c(c2)C(CC(C)(C)CCC=O)C(c2cccnc2C(C)CC)N3CC)cs1)NNC. The number of aryl methyl sites for hydroxylation is 1. The van der Waals surface area contributed by atoms with Crippen molar-refractivity contribution in [2.24, 2.45) is 5.41 Å². The molecule has 0 saturated heterocycles. The molecule has 6 nitrogen and oxygen atoms in total. The second-order valence-electron chi connectivity index (χ2n) is 13.1. The van der Waals surface area contributed by atoms with Crippen molar-refractivity contribution in [1.82, 2.24) is 20.8 Å². The minimum absolute atomic E-state index is 0.0306. The Bertz CT molecular complexity index is 1380. The van der Waals surface area contributed by atoms with Gasteiger partial charge in [0.15, 0.2) is 0 Å². The van der Waals surface area contributed by atoms with E-state index in [0.29, 0.717) is 18.3 Å². The number of benzene rings is 1. The Morgan fingerprint density at radius 1 is 1.18 bits per heavy atom. The van der Waals surface area contributed by atoms with E-state index in [9.17, 15) is 4.79 Å². The molecule has 0 radical (unpaired) electrons. The van der Waals surface area contributed by atoms with Gasteiger partial charge in [-0.25, -0.2) is 10.4 Å². The highest BCUT2D eigenvalue weighted by atomic mass is 32.1. The predicted molar refractivity (Wildman–Crippen MR) is 186 cm³/mol. The number of aromatic nitrogens is 2. The highest BCUT2D eigenvalue weighted by molar-refractivity contribution is 7.09. The zero-order chi connectivity index (χ0) is 31.7. The number of fused-ring (bicyclic) bond motifs is 1. The number of anilines is 1. The number of carbonyl (C=O) groups is 1. The number of allylic oxidation sites excluding steroid dienone is 1. The maximum absolute atomic E-state index is 11.3. The molecule has 0 aliphatic carbocycles. The molecule has 0 saturated carbocycles. The lowest BCUT2D eigenvalue weighted by atomic mass is 9.73. The number of likely N-dealkylation sites (N-methyl/N-ethyl adjacent to an activating group) is 1. The molecule has 238 valence electrons. The van der Waals surface area contributed by atoms with Crippen LogP contribution in [0.5, 0.6) is 0 Å². The summed E-state index contributed by atoms with van der Waals surface area (Å²) in [4.78, 5) is 24.0. The van der Waals surface area contributed by atoms with Gasteiger partial charge in [0.25, 0.3) is 0 Å². The number of thiazole rings is 1. The van der Waals surface area contributed by atoms with E-state index in [1.165, 1.54) is 39.5 Å². The number of carbonyl (C=O) groups excluding carboxylic acids is 1.